The van der Waals surface area contributed by atoms with Crippen LogP contribution in [0.2, 0.25) is 0 Å². The molecule has 0 unspecified atom stereocenters. The molecule has 11 heteroatoms. The maximum absolute atomic E-state index is 12.3. The molecule has 1 aromatic rings. The number of epoxide rings is 1. The highest BCUT2D eigenvalue weighted by molar-refractivity contribution is 7.88. The van der Waals surface area contributed by atoms with Gasteiger partial charge in [0.25, 0.3) is 0 Å². The summed E-state index contributed by atoms with van der Waals surface area (Å²) < 4.78 is 73.4. The quantitative estimate of drug-likeness (QED) is 0.440. The van der Waals surface area contributed by atoms with Crippen molar-refractivity contribution in [3.8, 4) is 5.75 Å². The summed E-state index contributed by atoms with van der Waals surface area (Å²) in [6.07, 6.45) is -0.491. The third kappa shape index (κ3) is 6.58. The van der Waals surface area contributed by atoms with E-state index in [0.29, 0.717) is 18.6 Å². The van der Waals surface area contributed by atoms with Crippen LogP contribution in [0.15, 0.2) is 24.3 Å². The van der Waals surface area contributed by atoms with Gasteiger partial charge in [-0.15, -0.1) is 0 Å². The Morgan fingerprint density at radius 1 is 1.26 bits per heavy atom. The summed E-state index contributed by atoms with van der Waals surface area (Å²) in [5, 5.41) is 2.69. The molecular formula is C16H20F3NO6S. The van der Waals surface area contributed by atoms with E-state index in [0.717, 1.165) is 12.1 Å². The molecule has 2 rings (SSSR count). The molecule has 27 heavy (non-hydrogen) atoms. The Labute approximate surface area is 154 Å². The van der Waals surface area contributed by atoms with E-state index < -0.39 is 39.1 Å². The molecule has 0 bridgehead atoms. The number of hydrogen-bond acceptors (Lipinski definition) is 6. The van der Waals surface area contributed by atoms with Crippen molar-refractivity contribution < 1.29 is 40.0 Å². The van der Waals surface area contributed by atoms with Gasteiger partial charge >= 0.3 is 21.7 Å². The fraction of sp³-hybridized carbons (Fsp3) is 0.562. The van der Waals surface area contributed by atoms with E-state index in [2.05, 4.69) is 9.50 Å². The first-order valence-corrected chi connectivity index (χ1v) is 9.38. The maximum atomic E-state index is 12.3. The molecule has 1 amide bonds. The molecule has 0 aliphatic carbocycles. The summed E-state index contributed by atoms with van der Waals surface area (Å²) in [7, 11) is -5.72. The van der Waals surface area contributed by atoms with Gasteiger partial charge < -0.3 is 19.0 Å². The number of hydrogen-bond donors (Lipinski definition) is 1. The minimum Gasteiger partial charge on any atom is -0.444 e. The minimum absolute atomic E-state index is 0.195. The molecule has 1 saturated heterocycles. The van der Waals surface area contributed by atoms with E-state index in [1.165, 1.54) is 12.1 Å². The number of carbonyl (C=O) groups is 1. The van der Waals surface area contributed by atoms with E-state index in [-0.39, 0.29) is 6.10 Å². The van der Waals surface area contributed by atoms with Gasteiger partial charge in [0.15, 0.2) is 0 Å². The second kappa shape index (κ2) is 7.55. The Bertz CT molecular complexity index is 767. The molecular weight excluding hydrogens is 391 g/mol. The van der Waals surface area contributed by atoms with Crippen molar-refractivity contribution >= 4 is 16.2 Å². The van der Waals surface area contributed by atoms with Crippen molar-refractivity contribution in [2.45, 2.75) is 50.4 Å². The number of rotatable bonds is 6. The fourth-order valence-electron chi connectivity index (χ4n) is 2.13. The standard InChI is InChI=1S/C16H20F3NO6S/c1-15(2,3)25-14(21)20-12(13-9-24-13)8-10-4-6-11(7-5-10)26-27(22,23)16(17,18)19/h4-7,12-13H,8-9H2,1-3H3,(H,20,21)/t12-,13-/m0/s1. The van der Waals surface area contributed by atoms with Gasteiger partial charge in [0.2, 0.25) is 0 Å². The van der Waals surface area contributed by atoms with Crippen LogP contribution in [-0.4, -0.2) is 44.4 Å². The van der Waals surface area contributed by atoms with Crippen LogP contribution in [0.1, 0.15) is 26.3 Å². The number of alkyl halides is 3. The summed E-state index contributed by atoms with van der Waals surface area (Å²) in [5.41, 5.74) is -5.53. The Balaban J connectivity index is 2.00. The van der Waals surface area contributed by atoms with E-state index >= 15 is 0 Å². The third-order valence-electron chi connectivity index (χ3n) is 3.38. The second-order valence-corrected chi connectivity index (χ2v) is 8.49. The zero-order chi connectivity index (χ0) is 20.5. The fourth-order valence-corrected chi connectivity index (χ4v) is 2.59. The molecule has 1 N–H and O–H groups in total. The Kier molecular flexibility index (Phi) is 5.95. The van der Waals surface area contributed by atoms with Gasteiger partial charge in [-0.3, -0.25) is 0 Å². The van der Waals surface area contributed by atoms with Crippen molar-refractivity contribution in [3.05, 3.63) is 29.8 Å². The molecule has 1 aliphatic heterocycles. The van der Waals surface area contributed by atoms with Gasteiger partial charge in [0.05, 0.1) is 12.6 Å². The highest BCUT2D eigenvalue weighted by Gasteiger charge is 2.48. The lowest BCUT2D eigenvalue weighted by molar-refractivity contribution is -0.0500. The van der Waals surface area contributed by atoms with Crippen LogP contribution in [0.5, 0.6) is 5.75 Å². The Hall–Kier alpha value is -2.01. The predicted molar refractivity (Wildman–Crippen MR) is 88.6 cm³/mol. The average molecular weight is 411 g/mol. The second-order valence-electron chi connectivity index (χ2n) is 6.96. The van der Waals surface area contributed by atoms with Gasteiger partial charge in [0, 0.05) is 0 Å². The molecule has 1 aliphatic rings. The monoisotopic (exact) mass is 411 g/mol. The molecule has 7 nitrogen and oxygen atoms in total. The zero-order valence-electron chi connectivity index (χ0n) is 14.9. The van der Waals surface area contributed by atoms with Gasteiger partial charge in [0.1, 0.15) is 17.5 Å². The summed E-state index contributed by atoms with van der Waals surface area (Å²) in [6.45, 7) is 5.64. The van der Waals surface area contributed by atoms with Gasteiger partial charge in [-0.25, -0.2) is 4.79 Å². The van der Waals surface area contributed by atoms with E-state index in [1.54, 1.807) is 20.8 Å². The molecule has 1 heterocycles. The lowest BCUT2D eigenvalue weighted by Crippen LogP contribution is -2.43. The average Bonchev–Trinajstić information content (AvgIpc) is 3.29. The van der Waals surface area contributed by atoms with E-state index in [9.17, 15) is 26.4 Å². The van der Waals surface area contributed by atoms with Crippen molar-refractivity contribution in [2.24, 2.45) is 0 Å². The number of halogens is 3. The highest BCUT2D eigenvalue weighted by Crippen LogP contribution is 2.27. The number of ether oxygens (including phenoxy) is 2. The van der Waals surface area contributed by atoms with Crippen LogP contribution in [0.3, 0.4) is 0 Å². The molecule has 152 valence electrons. The predicted octanol–water partition coefficient (Wildman–Crippen LogP) is 2.75. The van der Waals surface area contributed by atoms with Crippen molar-refractivity contribution in [3.63, 3.8) is 0 Å². The first-order chi connectivity index (χ1) is 12.3. The normalized spacial score (nSPS) is 18.5. The van der Waals surface area contributed by atoms with Crippen molar-refractivity contribution in [1.29, 1.82) is 0 Å². The molecule has 2 atom stereocenters. The van der Waals surface area contributed by atoms with E-state index in [1.807, 2.05) is 0 Å². The third-order valence-corrected chi connectivity index (χ3v) is 4.36. The van der Waals surface area contributed by atoms with Gasteiger partial charge in [-0.2, -0.15) is 21.6 Å². The Morgan fingerprint density at radius 3 is 2.26 bits per heavy atom. The topological polar surface area (TPSA) is 94.2 Å². The lowest BCUT2D eigenvalue weighted by atomic mass is 10.0. The highest BCUT2D eigenvalue weighted by atomic mass is 32.2. The summed E-state index contributed by atoms with van der Waals surface area (Å²) in [6, 6.07) is 4.64. The summed E-state index contributed by atoms with van der Waals surface area (Å²) >= 11 is 0. The number of amides is 1. The van der Waals surface area contributed by atoms with Gasteiger partial charge in [-0.05, 0) is 44.9 Å². The van der Waals surface area contributed by atoms with Crippen molar-refractivity contribution in [2.75, 3.05) is 6.61 Å². The molecule has 0 radical (unpaired) electrons. The lowest BCUT2D eigenvalue weighted by Gasteiger charge is -2.23. The molecule has 0 spiro atoms. The van der Waals surface area contributed by atoms with Crippen LogP contribution in [0.25, 0.3) is 0 Å². The largest absolute Gasteiger partial charge is 0.534 e. The van der Waals surface area contributed by atoms with E-state index in [4.69, 9.17) is 9.47 Å². The smallest absolute Gasteiger partial charge is 0.444 e. The molecule has 1 fully saturated rings. The first kappa shape index (κ1) is 21.3. The number of nitrogens with one attached hydrogen (secondary N) is 1. The summed E-state index contributed by atoms with van der Waals surface area (Å²) in [5.74, 6) is -0.463. The number of carbonyl (C=O) groups excluding carboxylic acids is 1. The van der Waals surface area contributed by atoms with Crippen molar-refractivity contribution in [1.82, 2.24) is 5.32 Å². The SMILES string of the molecule is CC(C)(C)OC(=O)N[C@@H](Cc1ccc(OS(=O)(=O)C(F)(F)F)cc1)[C@@H]1CO1. The zero-order valence-corrected chi connectivity index (χ0v) is 15.7. The number of benzene rings is 1. The van der Waals surface area contributed by atoms with Crippen LogP contribution in [0.4, 0.5) is 18.0 Å². The summed E-state index contributed by atoms with van der Waals surface area (Å²) in [4.78, 5) is 11.9. The van der Waals surface area contributed by atoms with Crippen LogP contribution >= 0.6 is 0 Å². The van der Waals surface area contributed by atoms with Crippen LogP contribution < -0.4 is 9.50 Å². The Morgan fingerprint density at radius 2 is 1.81 bits per heavy atom. The first-order valence-electron chi connectivity index (χ1n) is 7.98. The molecule has 0 aromatic heterocycles. The maximum Gasteiger partial charge on any atom is 0.534 e. The van der Waals surface area contributed by atoms with Crippen LogP contribution in [0, 0.1) is 0 Å². The van der Waals surface area contributed by atoms with Gasteiger partial charge in [-0.1, -0.05) is 12.1 Å². The van der Waals surface area contributed by atoms with Crippen LogP contribution in [-0.2, 0) is 26.0 Å². The molecule has 0 saturated carbocycles. The molecule has 1 aromatic carbocycles. The number of alkyl carbamates (subject to hydrolysis) is 1. The minimum atomic E-state index is -5.72.